The minimum atomic E-state index is -0.334. The highest BCUT2D eigenvalue weighted by atomic mass is 16.7. The minimum Gasteiger partial charge on any atom is -0.403 e. The van der Waals surface area contributed by atoms with Crippen LogP contribution in [0, 0.1) is 22.7 Å². The molecule has 1 amide bonds. The normalized spacial score (nSPS) is 33.6. The van der Waals surface area contributed by atoms with Crippen LogP contribution in [0.3, 0.4) is 0 Å². The van der Waals surface area contributed by atoms with Crippen LogP contribution < -0.4 is 5.32 Å². The highest BCUT2D eigenvalue weighted by Gasteiger charge is 2.52. The molecular weight excluding hydrogens is 423 g/mol. The summed E-state index contributed by atoms with van der Waals surface area (Å²) in [4.78, 5) is 16.3. The number of nitrogens with one attached hydrogen (secondary N) is 1. The molecule has 196 valence electrons. The first-order valence-electron chi connectivity index (χ1n) is 13.8. The molecule has 1 aliphatic carbocycles. The zero-order valence-corrected chi connectivity index (χ0v) is 24.0. The molecule has 1 unspecified atom stereocenters. The number of piperidine rings is 1. The fourth-order valence-electron chi connectivity index (χ4n) is 6.03. The zero-order valence-electron chi connectivity index (χ0n) is 24.0. The third-order valence-corrected chi connectivity index (χ3v) is 9.35. The van der Waals surface area contributed by atoms with Gasteiger partial charge in [-0.05, 0) is 111 Å². The lowest BCUT2D eigenvalue weighted by Gasteiger charge is -2.47. The van der Waals surface area contributed by atoms with Crippen molar-refractivity contribution in [2.24, 2.45) is 22.7 Å². The number of likely N-dealkylation sites (tertiary alicyclic amines) is 1. The summed E-state index contributed by atoms with van der Waals surface area (Å²) in [6.07, 6.45) is 7.74. The van der Waals surface area contributed by atoms with Gasteiger partial charge in [0.15, 0.2) is 0 Å². The molecule has 0 aromatic heterocycles. The summed E-state index contributed by atoms with van der Waals surface area (Å²) in [5.41, 5.74) is -0.651. The van der Waals surface area contributed by atoms with Gasteiger partial charge >= 0.3 is 7.12 Å². The van der Waals surface area contributed by atoms with E-state index in [0.717, 1.165) is 45.2 Å². The van der Waals surface area contributed by atoms with E-state index >= 15 is 0 Å². The van der Waals surface area contributed by atoms with Crippen LogP contribution in [0.4, 0.5) is 0 Å². The number of amides is 1. The van der Waals surface area contributed by atoms with Crippen LogP contribution in [0.1, 0.15) is 108 Å². The van der Waals surface area contributed by atoms with Crippen LogP contribution in [0.15, 0.2) is 0 Å². The van der Waals surface area contributed by atoms with E-state index in [9.17, 15) is 4.79 Å². The molecular formula is C28H53BN2O3. The van der Waals surface area contributed by atoms with Crippen molar-refractivity contribution >= 4 is 13.0 Å². The Morgan fingerprint density at radius 3 is 2.06 bits per heavy atom. The summed E-state index contributed by atoms with van der Waals surface area (Å²) in [6, 6.07) is 0. The van der Waals surface area contributed by atoms with Crippen molar-refractivity contribution in [3.8, 4) is 0 Å². The first kappa shape index (κ1) is 28.0. The number of hydrogen-bond donors (Lipinski definition) is 1. The molecule has 3 aliphatic rings. The molecule has 2 heterocycles. The first-order valence-corrected chi connectivity index (χ1v) is 13.8. The fraction of sp³-hybridized carbons (Fsp3) is 0.964. The van der Waals surface area contributed by atoms with Crippen molar-refractivity contribution in [1.82, 2.24) is 10.2 Å². The van der Waals surface area contributed by atoms with Gasteiger partial charge in [0.25, 0.3) is 0 Å². The molecule has 0 radical (unpaired) electrons. The van der Waals surface area contributed by atoms with Gasteiger partial charge in [0.05, 0.1) is 16.6 Å². The third-order valence-electron chi connectivity index (χ3n) is 9.35. The van der Waals surface area contributed by atoms with Crippen molar-refractivity contribution in [1.29, 1.82) is 0 Å². The summed E-state index contributed by atoms with van der Waals surface area (Å²) in [5.74, 6) is 1.18. The first-order chi connectivity index (χ1) is 15.4. The summed E-state index contributed by atoms with van der Waals surface area (Å²) in [6.45, 7) is 25.1. The molecule has 2 saturated heterocycles. The Labute approximate surface area is 210 Å². The quantitative estimate of drug-likeness (QED) is 0.483. The molecule has 6 heteroatoms. The molecule has 3 fully saturated rings. The molecule has 0 spiro atoms. The Hall–Kier alpha value is -0.585. The molecule has 3 atom stereocenters. The van der Waals surface area contributed by atoms with Crippen LogP contribution in [0.2, 0.25) is 6.32 Å². The number of carbonyl (C=O) groups is 1. The Kier molecular flexibility index (Phi) is 7.99. The Balaban J connectivity index is 1.65. The molecule has 1 N–H and O–H groups in total. The predicted octanol–water partition coefficient (Wildman–Crippen LogP) is 5.93. The lowest BCUT2D eigenvalue weighted by atomic mass is 9.61. The van der Waals surface area contributed by atoms with Crippen LogP contribution >= 0.6 is 0 Å². The number of nitrogens with zero attached hydrogens (tertiary/aromatic N) is 1. The minimum absolute atomic E-state index is 0.144. The monoisotopic (exact) mass is 476 g/mol. The van der Waals surface area contributed by atoms with Crippen molar-refractivity contribution in [2.45, 2.75) is 131 Å². The number of carbonyl (C=O) groups excluding carboxylic acids is 1. The van der Waals surface area contributed by atoms with Gasteiger partial charge in [0.2, 0.25) is 5.91 Å². The maximum atomic E-state index is 13.7. The van der Waals surface area contributed by atoms with Gasteiger partial charge < -0.3 is 19.5 Å². The molecule has 34 heavy (non-hydrogen) atoms. The molecule has 0 aromatic rings. The smallest absolute Gasteiger partial charge is 0.403 e. The van der Waals surface area contributed by atoms with E-state index in [0.29, 0.717) is 17.3 Å². The number of hydrogen-bond acceptors (Lipinski definition) is 4. The SMILES string of the molecule is CC1(C)CCN(CC2CC[C@@H](CCB3OC(C)(C)C(C)(C)O3)C[C@]2(C)C(=O)NC(C)(C)C)CC1. The van der Waals surface area contributed by atoms with E-state index in [4.69, 9.17) is 9.31 Å². The lowest BCUT2D eigenvalue weighted by molar-refractivity contribution is -0.139. The molecule has 2 aliphatic heterocycles. The van der Waals surface area contributed by atoms with Gasteiger partial charge in [0.1, 0.15) is 0 Å². The fourth-order valence-corrected chi connectivity index (χ4v) is 6.03. The topological polar surface area (TPSA) is 50.8 Å². The van der Waals surface area contributed by atoms with Gasteiger partial charge in [-0.1, -0.05) is 33.6 Å². The van der Waals surface area contributed by atoms with Gasteiger partial charge in [-0.2, -0.15) is 0 Å². The third kappa shape index (κ3) is 6.59. The molecule has 3 rings (SSSR count). The summed E-state index contributed by atoms with van der Waals surface area (Å²) >= 11 is 0. The van der Waals surface area contributed by atoms with E-state index in [1.807, 2.05) is 0 Å². The van der Waals surface area contributed by atoms with E-state index in [1.165, 1.54) is 19.3 Å². The summed E-state index contributed by atoms with van der Waals surface area (Å²) in [5, 5.41) is 3.34. The molecule has 0 bridgehead atoms. The number of rotatable bonds is 6. The molecule has 0 aromatic carbocycles. The molecule has 5 nitrogen and oxygen atoms in total. The van der Waals surface area contributed by atoms with E-state index < -0.39 is 0 Å². The average Bonchev–Trinajstić information content (AvgIpc) is 2.89. The zero-order chi connectivity index (χ0) is 25.6. The largest absolute Gasteiger partial charge is 0.457 e. The van der Waals surface area contributed by atoms with Crippen molar-refractivity contribution in [3.05, 3.63) is 0 Å². The maximum Gasteiger partial charge on any atom is 0.457 e. The second kappa shape index (κ2) is 9.70. The summed E-state index contributed by atoms with van der Waals surface area (Å²) < 4.78 is 12.5. The highest BCUT2D eigenvalue weighted by Crippen LogP contribution is 2.47. The standard InChI is InChI=1S/C28H53BN2O3/c1-24(2,3)30-23(32)28(10)19-21(13-16-29-33-26(6,7)27(8,9)34-29)11-12-22(28)20-31-17-14-25(4,5)15-18-31/h21-22H,11-20H2,1-10H3,(H,30,32)/t21-,22?,28-/m0/s1. The van der Waals surface area contributed by atoms with Crippen LogP contribution in [0.5, 0.6) is 0 Å². The maximum absolute atomic E-state index is 13.7. The Bertz CT molecular complexity index is 704. The Morgan fingerprint density at radius 1 is 0.971 bits per heavy atom. The van der Waals surface area contributed by atoms with Gasteiger partial charge in [-0.15, -0.1) is 0 Å². The van der Waals surface area contributed by atoms with Gasteiger partial charge in [-0.25, -0.2) is 0 Å². The average molecular weight is 477 g/mol. The van der Waals surface area contributed by atoms with E-state index in [1.54, 1.807) is 0 Å². The van der Waals surface area contributed by atoms with Gasteiger partial charge in [0, 0.05) is 12.1 Å². The second-order valence-electron chi connectivity index (χ2n) is 14.7. The highest BCUT2D eigenvalue weighted by molar-refractivity contribution is 6.45. The van der Waals surface area contributed by atoms with Gasteiger partial charge in [-0.3, -0.25) is 4.79 Å². The van der Waals surface area contributed by atoms with Crippen LogP contribution in [-0.2, 0) is 14.1 Å². The van der Waals surface area contributed by atoms with Crippen LogP contribution in [0.25, 0.3) is 0 Å². The summed E-state index contributed by atoms with van der Waals surface area (Å²) in [7, 11) is -0.144. The van der Waals surface area contributed by atoms with E-state index in [-0.39, 0.29) is 35.2 Å². The van der Waals surface area contributed by atoms with Crippen molar-refractivity contribution in [3.63, 3.8) is 0 Å². The van der Waals surface area contributed by atoms with E-state index in [2.05, 4.69) is 79.5 Å². The van der Waals surface area contributed by atoms with Crippen LogP contribution in [-0.4, -0.2) is 54.3 Å². The Morgan fingerprint density at radius 2 is 1.53 bits per heavy atom. The molecule has 1 saturated carbocycles. The second-order valence-corrected chi connectivity index (χ2v) is 14.7. The lowest BCUT2D eigenvalue weighted by Crippen LogP contribution is -2.55. The van der Waals surface area contributed by atoms with Crippen molar-refractivity contribution < 1.29 is 14.1 Å². The predicted molar refractivity (Wildman–Crippen MR) is 142 cm³/mol. The van der Waals surface area contributed by atoms with Crippen molar-refractivity contribution in [2.75, 3.05) is 19.6 Å².